The molecule has 2 heterocycles. The first-order valence-electron chi connectivity index (χ1n) is 9.61. The molecule has 1 atom stereocenters. The molecule has 3 rings (SSSR count). The van der Waals surface area contributed by atoms with Crippen molar-refractivity contribution in [1.82, 2.24) is 4.90 Å². The summed E-state index contributed by atoms with van der Waals surface area (Å²) in [6.07, 6.45) is 6.24. The number of hydrogen-bond acceptors (Lipinski definition) is 4. The number of hydrogen-bond donors (Lipinski definition) is 1. The number of carbonyl (C=O) groups is 1. The second-order valence-electron chi connectivity index (χ2n) is 7.28. The van der Waals surface area contributed by atoms with Gasteiger partial charge in [-0.1, -0.05) is 11.6 Å². The van der Waals surface area contributed by atoms with Crippen molar-refractivity contribution in [3.63, 3.8) is 0 Å². The number of anilines is 1. The first kappa shape index (κ1) is 19.5. The third-order valence-electron chi connectivity index (χ3n) is 5.47. The molecule has 1 amide bonds. The maximum absolute atomic E-state index is 12.3. The Kier molecular flexibility index (Phi) is 7.17. The van der Waals surface area contributed by atoms with E-state index in [-0.39, 0.29) is 5.91 Å². The minimum atomic E-state index is 0.0504. The zero-order valence-electron chi connectivity index (χ0n) is 15.5. The van der Waals surface area contributed by atoms with E-state index in [0.717, 1.165) is 39.0 Å². The molecule has 0 aliphatic carbocycles. The molecule has 2 aliphatic rings. The largest absolute Gasteiger partial charge is 0.495 e. The summed E-state index contributed by atoms with van der Waals surface area (Å²) >= 11 is 6.11. The van der Waals surface area contributed by atoms with E-state index in [2.05, 4.69) is 10.2 Å². The number of nitrogens with zero attached hydrogens (tertiary/aromatic N) is 1. The molecule has 0 spiro atoms. The Morgan fingerprint density at radius 3 is 2.88 bits per heavy atom. The van der Waals surface area contributed by atoms with E-state index in [0.29, 0.717) is 34.8 Å². The van der Waals surface area contributed by atoms with Crippen LogP contribution in [0.15, 0.2) is 18.2 Å². The van der Waals surface area contributed by atoms with E-state index in [1.54, 1.807) is 19.2 Å². The van der Waals surface area contributed by atoms with Crippen LogP contribution in [0.4, 0.5) is 5.69 Å². The molecule has 0 radical (unpaired) electrons. The maximum atomic E-state index is 12.3. The molecule has 144 valence electrons. The van der Waals surface area contributed by atoms with Crippen molar-refractivity contribution in [2.24, 2.45) is 5.92 Å². The summed E-state index contributed by atoms with van der Waals surface area (Å²) in [6.45, 7) is 4.08. The van der Waals surface area contributed by atoms with Crippen LogP contribution in [0.5, 0.6) is 5.75 Å². The summed E-state index contributed by atoms with van der Waals surface area (Å²) < 4.78 is 10.6. The van der Waals surface area contributed by atoms with Crippen LogP contribution < -0.4 is 10.1 Å². The van der Waals surface area contributed by atoms with Gasteiger partial charge in [-0.2, -0.15) is 0 Å². The van der Waals surface area contributed by atoms with Crippen LogP contribution >= 0.6 is 11.6 Å². The molecule has 6 heteroatoms. The topological polar surface area (TPSA) is 50.8 Å². The Bertz CT molecular complexity index is 605. The van der Waals surface area contributed by atoms with Crippen LogP contribution in [0.25, 0.3) is 0 Å². The van der Waals surface area contributed by atoms with Gasteiger partial charge in [0.05, 0.1) is 12.1 Å². The van der Waals surface area contributed by atoms with Crippen LogP contribution in [-0.4, -0.2) is 50.3 Å². The summed E-state index contributed by atoms with van der Waals surface area (Å²) in [6, 6.07) is 5.98. The Hall–Kier alpha value is -1.30. The highest BCUT2D eigenvalue weighted by atomic mass is 35.5. The number of nitrogens with one attached hydrogen (secondary N) is 1. The molecule has 2 fully saturated rings. The fraction of sp³-hybridized carbons (Fsp3) is 0.650. The van der Waals surface area contributed by atoms with E-state index in [1.165, 1.54) is 19.4 Å². The molecule has 1 aromatic carbocycles. The van der Waals surface area contributed by atoms with Crippen molar-refractivity contribution in [1.29, 1.82) is 0 Å². The molecule has 1 N–H and O–H groups in total. The Labute approximate surface area is 161 Å². The predicted molar refractivity (Wildman–Crippen MR) is 104 cm³/mol. The van der Waals surface area contributed by atoms with E-state index < -0.39 is 0 Å². The van der Waals surface area contributed by atoms with Crippen LogP contribution in [0.3, 0.4) is 0 Å². The van der Waals surface area contributed by atoms with Gasteiger partial charge in [0.25, 0.3) is 0 Å². The standard InChI is InChI=1S/C20H29ClN2O3/c1-25-19-6-5-16(13-18(19)21)22-20(24)7-4-15-3-2-10-23(14-15)17-8-11-26-12-9-17/h5-6,13,15,17H,2-4,7-12,14H2,1H3,(H,22,24)/t15-/m0/s1. The molecule has 26 heavy (non-hydrogen) atoms. The first-order chi connectivity index (χ1) is 12.7. The lowest BCUT2D eigenvalue weighted by molar-refractivity contribution is -0.116. The molecule has 1 aromatic rings. The Morgan fingerprint density at radius 1 is 1.35 bits per heavy atom. The van der Waals surface area contributed by atoms with E-state index in [4.69, 9.17) is 21.1 Å². The quantitative estimate of drug-likeness (QED) is 0.811. The van der Waals surface area contributed by atoms with Crippen molar-refractivity contribution in [2.75, 3.05) is 38.7 Å². The van der Waals surface area contributed by atoms with Gasteiger partial charge in [0, 0.05) is 37.9 Å². The lowest BCUT2D eigenvalue weighted by atomic mass is 9.91. The van der Waals surface area contributed by atoms with Crippen LogP contribution in [0.2, 0.25) is 5.02 Å². The summed E-state index contributed by atoms with van der Waals surface area (Å²) in [7, 11) is 1.58. The summed E-state index contributed by atoms with van der Waals surface area (Å²) in [5.74, 6) is 1.27. The lowest BCUT2D eigenvalue weighted by Gasteiger charge is -2.40. The van der Waals surface area contributed by atoms with Gasteiger partial charge >= 0.3 is 0 Å². The van der Waals surface area contributed by atoms with Gasteiger partial charge in [0.2, 0.25) is 5.91 Å². The molecule has 0 saturated carbocycles. The van der Waals surface area contributed by atoms with Gasteiger partial charge in [-0.05, 0) is 62.8 Å². The monoisotopic (exact) mass is 380 g/mol. The van der Waals surface area contributed by atoms with Crippen molar-refractivity contribution >= 4 is 23.2 Å². The molecule has 2 saturated heterocycles. The van der Waals surface area contributed by atoms with Gasteiger partial charge in [0.15, 0.2) is 0 Å². The molecule has 0 bridgehead atoms. The zero-order chi connectivity index (χ0) is 18.4. The number of likely N-dealkylation sites (tertiary alicyclic amines) is 1. The van der Waals surface area contributed by atoms with Crippen molar-refractivity contribution in [3.8, 4) is 5.75 Å². The van der Waals surface area contributed by atoms with Gasteiger partial charge in [-0.3, -0.25) is 9.69 Å². The molecule has 0 unspecified atom stereocenters. The summed E-state index contributed by atoms with van der Waals surface area (Å²) in [4.78, 5) is 14.9. The van der Waals surface area contributed by atoms with Crippen molar-refractivity contribution in [3.05, 3.63) is 23.2 Å². The number of amides is 1. The molecular formula is C20H29ClN2O3. The number of ether oxygens (including phenoxy) is 2. The fourth-order valence-electron chi connectivity index (χ4n) is 4.02. The zero-order valence-corrected chi connectivity index (χ0v) is 16.3. The van der Waals surface area contributed by atoms with Crippen LogP contribution in [0.1, 0.15) is 38.5 Å². The summed E-state index contributed by atoms with van der Waals surface area (Å²) in [5.41, 5.74) is 0.716. The van der Waals surface area contributed by atoms with Crippen molar-refractivity contribution in [2.45, 2.75) is 44.6 Å². The van der Waals surface area contributed by atoms with Gasteiger partial charge in [0.1, 0.15) is 5.75 Å². The van der Waals surface area contributed by atoms with Crippen LogP contribution in [-0.2, 0) is 9.53 Å². The SMILES string of the molecule is COc1ccc(NC(=O)CC[C@@H]2CCCN(C3CCOCC3)C2)cc1Cl. The van der Waals surface area contributed by atoms with E-state index in [1.807, 2.05) is 6.07 Å². The number of carbonyl (C=O) groups excluding carboxylic acids is 1. The smallest absolute Gasteiger partial charge is 0.224 e. The van der Waals surface area contributed by atoms with E-state index >= 15 is 0 Å². The number of benzene rings is 1. The predicted octanol–water partition coefficient (Wildman–Crippen LogP) is 3.96. The number of rotatable bonds is 6. The third-order valence-corrected chi connectivity index (χ3v) is 5.77. The first-order valence-corrected chi connectivity index (χ1v) is 9.98. The van der Waals surface area contributed by atoms with Crippen LogP contribution in [0, 0.1) is 5.92 Å². The molecule has 5 nitrogen and oxygen atoms in total. The highest BCUT2D eigenvalue weighted by molar-refractivity contribution is 6.32. The number of halogens is 1. The average Bonchev–Trinajstić information content (AvgIpc) is 2.67. The number of methoxy groups -OCH3 is 1. The van der Waals surface area contributed by atoms with Crippen molar-refractivity contribution < 1.29 is 14.3 Å². The minimum Gasteiger partial charge on any atom is -0.495 e. The third kappa shape index (κ3) is 5.35. The second-order valence-corrected chi connectivity index (χ2v) is 7.69. The fourth-order valence-corrected chi connectivity index (χ4v) is 4.28. The lowest BCUT2D eigenvalue weighted by Crippen LogP contribution is -2.45. The minimum absolute atomic E-state index is 0.0504. The van der Waals surface area contributed by atoms with Gasteiger partial charge in [-0.15, -0.1) is 0 Å². The Balaban J connectivity index is 1.44. The highest BCUT2D eigenvalue weighted by Crippen LogP contribution is 2.28. The summed E-state index contributed by atoms with van der Waals surface area (Å²) in [5, 5.41) is 3.44. The molecule has 2 aliphatic heterocycles. The number of piperidine rings is 1. The highest BCUT2D eigenvalue weighted by Gasteiger charge is 2.27. The van der Waals surface area contributed by atoms with E-state index in [9.17, 15) is 4.79 Å². The van der Waals surface area contributed by atoms with Gasteiger partial charge < -0.3 is 14.8 Å². The second kappa shape index (κ2) is 9.58. The Morgan fingerprint density at radius 2 is 2.15 bits per heavy atom. The molecular weight excluding hydrogens is 352 g/mol. The van der Waals surface area contributed by atoms with Gasteiger partial charge in [-0.25, -0.2) is 0 Å². The normalized spacial score (nSPS) is 22.2. The molecule has 0 aromatic heterocycles. The average molecular weight is 381 g/mol. The maximum Gasteiger partial charge on any atom is 0.224 e.